The maximum Gasteiger partial charge on any atom is 0.0527 e. The molecule has 29 heavy (non-hydrogen) atoms. The van der Waals surface area contributed by atoms with Gasteiger partial charge in [0.1, 0.15) is 0 Å². The van der Waals surface area contributed by atoms with Crippen molar-refractivity contribution in [2.45, 2.75) is 17.8 Å². The molecule has 0 aliphatic heterocycles. The average Bonchev–Trinajstić information content (AvgIpc) is 2.71. The van der Waals surface area contributed by atoms with E-state index in [9.17, 15) is 0 Å². The summed E-state index contributed by atoms with van der Waals surface area (Å²) in [4.78, 5) is 0. The standard InChI is InChI=1S/C25H18Br3Cl/c1-24(17-2-8-20(26)9-3-17)15-14-23(29)16-25(24,18-4-10-21(27)11-5-18)19-6-12-22(28)13-7-19/h2-16H,1H3. The molecule has 1 aliphatic rings. The first-order valence-corrected chi connectivity index (χ1v) is 12.0. The summed E-state index contributed by atoms with van der Waals surface area (Å²) >= 11 is 17.4. The second-order valence-corrected chi connectivity index (χ2v) is 10.6. The Hall–Kier alpha value is -1.13. The van der Waals surface area contributed by atoms with Gasteiger partial charge in [0.25, 0.3) is 0 Å². The molecule has 0 aromatic heterocycles. The van der Waals surface area contributed by atoms with E-state index in [-0.39, 0.29) is 5.41 Å². The summed E-state index contributed by atoms with van der Waals surface area (Å²) in [6, 6.07) is 25.7. The normalized spacial score (nSPS) is 20.4. The molecule has 4 heteroatoms. The van der Waals surface area contributed by atoms with E-state index in [1.165, 1.54) is 16.7 Å². The third-order valence-corrected chi connectivity index (χ3v) is 7.61. The molecule has 1 aliphatic carbocycles. The highest BCUT2D eigenvalue weighted by atomic mass is 79.9. The van der Waals surface area contributed by atoms with Gasteiger partial charge in [-0.2, -0.15) is 0 Å². The maximum atomic E-state index is 6.65. The Balaban J connectivity index is 2.07. The van der Waals surface area contributed by atoms with E-state index in [2.05, 4.69) is 140 Å². The van der Waals surface area contributed by atoms with E-state index in [1.807, 2.05) is 6.08 Å². The van der Waals surface area contributed by atoms with Crippen molar-refractivity contribution in [2.24, 2.45) is 0 Å². The molecule has 1 unspecified atom stereocenters. The zero-order valence-electron chi connectivity index (χ0n) is 15.7. The monoisotopic (exact) mass is 590 g/mol. The summed E-state index contributed by atoms with van der Waals surface area (Å²) in [5, 5.41) is 0.741. The van der Waals surface area contributed by atoms with Gasteiger partial charge >= 0.3 is 0 Å². The van der Waals surface area contributed by atoms with Crippen molar-refractivity contribution in [1.29, 1.82) is 0 Å². The lowest BCUT2D eigenvalue weighted by Gasteiger charge is -2.49. The minimum atomic E-state index is -0.464. The predicted octanol–water partition coefficient (Wildman–Crippen LogP) is 8.91. The highest BCUT2D eigenvalue weighted by Crippen LogP contribution is 2.54. The van der Waals surface area contributed by atoms with Crippen LogP contribution in [0, 0.1) is 0 Å². The summed E-state index contributed by atoms with van der Waals surface area (Å²) in [6.07, 6.45) is 6.45. The van der Waals surface area contributed by atoms with Crippen molar-refractivity contribution in [3.05, 3.63) is 126 Å². The molecule has 0 N–H and O–H groups in total. The van der Waals surface area contributed by atoms with Gasteiger partial charge in [0.05, 0.1) is 5.41 Å². The molecule has 3 aromatic carbocycles. The third kappa shape index (κ3) is 3.72. The van der Waals surface area contributed by atoms with Gasteiger partial charge in [-0.25, -0.2) is 0 Å². The maximum absolute atomic E-state index is 6.65. The van der Waals surface area contributed by atoms with Crippen molar-refractivity contribution in [3.63, 3.8) is 0 Å². The molecule has 0 fully saturated rings. The van der Waals surface area contributed by atoms with Crippen molar-refractivity contribution >= 4 is 59.4 Å². The number of rotatable bonds is 3. The van der Waals surface area contributed by atoms with Gasteiger partial charge < -0.3 is 0 Å². The summed E-state index contributed by atoms with van der Waals surface area (Å²) in [6.45, 7) is 2.29. The van der Waals surface area contributed by atoms with Crippen molar-refractivity contribution in [2.75, 3.05) is 0 Å². The zero-order chi connectivity index (χ0) is 20.6. The van der Waals surface area contributed by atoms with E-state index in [1.54, 1.807) is 0 Å². The van der Waals surface area contributed by atoms with Gasteiger partial charge in [-0.05, 0) is 65.2 Å². The van der Waals surface area contributed by atoms with Crippen LogP contribution in [0.4, 0.5) is 0 Å². The Kier molecular flexibility index (Phi) is 5.96. The summed E-state index contributed by atoms with van der Waals surface area (Å²) in [5.41, 5.74) is 2.80. The number of hydrogen-bond donors (Lipinski definition) is 0. The van der Waals surface area contributed by atoms with Gasteiger partial charge in [-0.15, -0.1) is 0 Å². The Morgan fingerprint density at radius 3 is 1.41 bits per heavy atom. The van der Waals surface area contributed by atoms with E-state index >= 15 is 0 Å². The summed E-state index contributed by atoms with van der Waals surface area (Å²) < 4.78 is 3.18. The van der Waals surface area contributed by atoms with Gasteiger partial charge in [0.2, 0.25) is 0 Å². The van der Waals surface area contributed by atoms with Crippen LogP contribution in [-0.2, 0) is 10.8 Å². The highest BCUT2D eigenvalue weighted by molar-refractivity contribution is 9.11. The van der Waals surface area contributed by atoms with Crippen LogP contribution in [0.15, 0.2) is 109 Å². The average molecular weight is 594 g/mol. The number of allylic oxidation sites excluding steroid dienone is 4. The van der Waals surface area contributed by atoms with Crippen molar-refractivity contribution in [3.8, 4) is 0 Å². The summed E-state index contributed by atoms with van der Waals surface area (Å²) in [5.74, 6) is 0. The molecule has 3 aromatic rings. The van der Waals surface area contributed by atoms with Crippen LogP contribution in [0.25, 0.3) is 0 Å². The second kappa shape index (κ2) is 8.19. The molecule has 1 atom stereocenters. The van der Waals surface area contributed by atoms with E-state index in [4.69, 9.17) is 11.6 Å². The number of hydrogen-bond acceptors (Lipinski definition) is 0. The second-order valence-electron chi connectivity index (χ2n) is 7.39. The Labute approximate surface area is 202 Å². The van der Waals surface area contributed by atoms with Crippen molar-refractivity contribution in [1.82, 2.24) is 0 Å². The molecular weight excluding hydrogens is 575 g/mol. The first-order valence-electron chi connectivity index (χ1n) is 9.21. The minimum Gasteiger partial charge on any atom is -0.0847 e. The molecule has 0 amide bonds. The Morgan fingerprint density at radius 1 is 0.621 bits per heavy atom. The summed E-state index contributed by atoms with van der Waals surface area (Å²) in [7, 11) is 0. The lowest BCUT2D eigenvalue weighted by molar-refractivity contribution is 0.411. The van der Waals surface area contributed by atoms with Crippen LogP contribution in [-0.4, -0.2) is 0 Å². The topological polar surface area (TPSA) is 0 Å². The molecule has 0 nitrogen and oxygen atoms in total. The fraction of sp³-hybridized carbons (Fsp3) is 0.120. The quantitative estimate of drug-likeness (QED) is 0.285. The van der Waals surface area contributed by atoms with Crippen molar-refractivity contribution < 1.29 is 0 Å². The smallest absolute Gasteiger partial charge is 0.0527 e. The van der Waals surface area contributed by atoms with Gasteiger partial charge in [0.15, 0.2) is 0 Å². The molecule has 0 spiro atoms. The Morgan fingerprint density at radius 2 is 1.00 bits per heavy atom. The fourth-order valence-electron chi connectivity index (χ4n) is 4.26. The Bertz CT molecular complexity index is 1030. The fourth-order valence-corrected chi connectivity index (χ4v) is 5.28. The molecule has 0 saturated carbocycles. The van der Waals surface area contributed by atoms with Gasteiger partial charge in [0, 0.05) is 23.9 Å². The molecule has 0 heterocycles. The zero-order valence-corrected chi connectivity index (χ0v) is 21.2. The SMILES string of the molecule is CC1(c2ccc(Br)cc2)C=CC(Cl)=CC1(c1ccc(Br)cc1)c1ccc(Br)cc1. The molecule has 0 saturated heterocycles. The minimum absolute atomic E-state index is 0.340. The molecule has 0 bridgehead atoms. The molecule has 146 valence electrons. The lowest BCUT2D eigenvalue weighted by atomic mass is 9.53. The first kappa shape index (κ1) is 21.1. The van der Waals surface area contributed by atoms with E-state index in [0.29, 0.717) is 0 Å². The molecular formula is C25H18Br3Cl. The lowest BCUT2D eigenvalue weighted by Crippen LogP contribution is -2.47. The molecule has 0 radical (unpaired) electrons. The van der Waals surface area contributed by atoms with Crippen LogP contribution in [0.1, 0.15) is 23.6 Å². The van der Waals surface area contributed by atoms with Crippen LogP contribution in [0.5, 0.6) is 0 Å². The largest absolute Gasteiger partial charge is 0.0847 e. The van der Waals surface area contributed by atoms with Crippen LogP contribution < -0.4 is 0 Å². The van der Waals surface area contributed by atoms with E-state index in [0.717, 1.165) is 18.5 Å². The third-order valence-electron chi connectivity index (χ3n) is 5.79. The van der Waals surface area contributed by atoms with Crippen LogP contribution in [0.3, 0.4) is 0 Å². The van der Waals surface area contributed by atoms with Crippen LogP contribution in [0.2, 0.25) is 0 Å². The van der Waals surface area contributed by atoms with Gasteiger partial charge in [-0.1, -0.05) is 109 Å². The van der Waals surface area contributed by atoms with Gasteiger partial charge in [-0.3, -0.25) is 0 Å². The number of halogens is 4. The predicted molar refractivity (Wildman–Crippen MR) is 134 cm³/mol. The number of benzene rings is 3. The molecule has 4 rings (SSSR count). The van der Waals surface area contributed by atoms with E-state index < -0.39 is 5.41 Å². The van der Waals surface area contributed by atoms with Crippen LogP contribution >= 0.6 is 59.4 Å². The highest BCUT2D eigenvalue weighted by Gasteiger charge is 2.50. The first-order chi connectivity index (χ1) is 13.8.